The second-order valence-electron chi connectivity index (χ2n) is 4.12. The van der Waals surface area contributed by atoms with E-state index in [-0.39, 0.29) is 5.91 Å². The number of rotatable bonds is 5. The number of imidazole rings is 1. The molecule has 1 aromatic rings. The van der Waals surface area contributed by atoms with E-state index < -0.39 is 0 Å². The second-order valence-corrected chi connectivity index (χ2v) is 4.12. The Morgan fingerprint density at radius 3 is 3.19 bits per heavy atom. The molecule has 0 unspecified atom stereocenters. The van der Waals surface area contributed by atoms with Crippen molar-refractivity contribution in [2.45, 2.75) is 25.8 Å². The molecule has 0 fully saturated rings. The zero-order valence-electron chi connectivity index (χ0n) is 9.30. The van der Waals surface area contributed by atoms with Gasteiger partial charge in [0.15, 0.2) is 0 Å². The van der Waals surface area contributed by atoms with Crippen molar-refractivity contribution >= 4 is 5.91 Å². The first-order valence-electron chi connectivity index (χ1n) is 5.73. The first-order valence-corrected chi connectivity index (χ1v) is 5.73. The van der Waals surface area contributed by atoms with Crippen LogP contribution >= 0.6 is 0 Å². The zero-order valence-corrected chi connectivity index (χ0v) is 9.30. The molecule has 4 heteroatoms. The molecule has 1 aliphatic carbocycles. The highest BCUT2D eigenvalue weighted by Gasteiger charge is 2.13. The van der Waals surface area contributed by atoms with Crippen LogP contribution in [-0.4, -0.2) is 22.0 Å². The van der Waals surface area contributed by atoms with E-state index in [0.717, 1.165) is 19.4 Å². The molecule has 0 aromatic carbocycles. The molecule has 0 aliphatic heterocycles. The van der Waals surface area contributed by atoms with Gasteiger partial charge < -0.3 is 9.88 Å². The zero-order chi connectivity index (χ0) is 11.2. The molecule has 16 heavy (non-hydrogen) atoms. The van der Waals surface area contributed by atoms with Crippen LogP contribution in [0.15, 0.2) is 30.9 Å². The number of aromatic nitrogens is 2. The maximum Gasteiger partial charge on any atom is 0.220 e. The first kappa shape index (κ1) is 10.9. The molecule has 4 nitrogen and oxygen atoms in total. The van der Waals surface area contributed by atoms with Crippen molar-refractivity contribution in [2.24, 2.45) is 5.92 Å². The second kappa shape index (κ2) is 5.49. The smallest absolute Gasteiger partial charge is 0.220 e. The lowest BCUT2D eigenvalue weighted by molar-refractivity contribution is -0.121. The Morgan fingerprint density at radius 1 is 1.56 bits per heavy atom. The quantitative estimate of drug-likeness (QED) is 0.760. The van der Waals surface area contributed by atoms with Gasteiger partial charge in [0.05, 0.1) is 6.33 Å². The van der Waals surface area contributed by atoms with Gasteiger partial charge in [-0.25, -0.2) is 4.98 Å². The number of hydrogen-bond acceptors (Lipinski definition) is 2. The summed E-state index contributed by atoms with van der Waals surface area (Å²) in [5.41, 5.74) is 0. The lowest BCUT2D eigenvalue weighted by atomic mass is 10.1. The monoisotopic (exact) mass is 219 g/mol. The number of carbonyl (C=O) groups excluding carboxylic acids is 1. The van der Waals surface area contributed by atoms with Gasteiger partial charge in [-0.05, 0) is 18.8 Å². The molecule has 1 heterocycles. The first-order chi connectivity index (χ1) is 7.84. The Balaban J connectivity index is 1.62. The minimum absolute atomic E-state index is 0.150. The molecule has 1 aromatic heterocycles. The Morgan fingerprint density at radius 2 is 2.50 bits per heavy atom. The van der Waals surface area contributed by atoms with Crippen molar-refractivity contribution < 1.29 is 4.79 Å². The summed E-state index contributed by atoms with van der Waals surface area (Å²) in [6, 6.07) is 0. The highest BCUT2D eigenvalue weighted by atomic mass is 16.1. The van der Waals surface area contributed by atoms with E-state index >= 15 is 0 Å². The summed E-state index contributed by atoms with van der Waals surface area (Å²) in [5.74, 6) is 0.602. The van der Waals surface area contributed by atoms with E-state index in [1.807, 2.05) is 10.8 Å². The van der Waals surface area contributed by atoms with Crippen LogP contribution in [0.5, 0.6) is 0 Å². The van der Waals surface area contributed by atoms with Crippen LogP contribution in [-0.2, 0) is 11.3 Å². The van der Waals surface area contributed by atoms with Crippen LogP contribution in [0.2, 0.25) is 0 Å². The highest BCUT2D eigenvalue weighted by molar-refractivity contribution is 5.76. The Hall–Kier alpha value is -1.58. The fraction of sp³-hybridized carbons (Fsp3) is 0.500. The van der Waals surface area contributed by atoms with E-state index in [1.165, 1.54) is 0 Å². The van der Waals surface area contributed by atoms with Crippen molar-refractivity contribution in [3.63, 3.8) is 0 Å². The van der Waals surface area contributed by atoms with Crippen molar-refractivity contribution in [3.05, 3.63) is 30.9 Å². The summed E-state index contributed by atoms with van der Waals surface area (Å²) in [7, 11) is 0. The van der Waals surface area contributed by atoms with Gasteiger partial charge in [0.2, 0.25) is 5.91 Å². The van der Waals surface area contributed by atoms with E-state index in [2.05, 4.69) is 22.5 Å². The molecule has 1 amide bonds. The minimum atomic E-state index is 0.150. The van der Waals surface area contributed by atoms with Crippen LogP contribution < -0.4 is 5.32 Å². The molecule has 2 rings (SSSR count). The minimum Gasteiger partial charge on any atom is -0.354 e. The number of nitrogens with one attached hydrogen (secondary N) is 1. The Bertz CT molecular complexity index is 356. The molecule has 1 N–H and O–H groups in total. The fourth-order valence-electron chi connectivity index (χ4n) is 1.92. The molecule has 1 atom stereocenters. The standard InChI is InChI=1S/C12H17N3O/c16-12(9-11-3-1-2-4-11)14-6-8-15-7-5-13-10-15/h1,3,5,7,10-11H,2,4,6,8-9H2,(H,14,16)/t11-/m1/s1. The third-order valence-electron chi connectivity index (χ3n) is 2.81. The maximum absolute atomic E-state index is 11.6. The number of carbonyl (C=O) groups is 1. The summed E-state index contributed by atoms with van der Waals surface area (Å²) < 4.78 is 1.95. The molecule has 0 spiro atoms. The number of allylic oxidation sites excluding steroid dienone is 2. The van der Waals surface area contributed by atoms with Crippen molar-refractivity contribution in [1.82, 2.24) is 14.9 Å². The Kier molecular flexibility index (Phi) is 3.75. The topological polar surface area (TPSA) is 46.9 Å². The molecule has 1 aliphatic rings. The third kappa shape index (κ3) is 3.22. The van der Waals surface area contributed by atoms with Gasteiger partial charge in [0, 0.05) is 31.9 Å². The van der Waals surface area contributed by atoms with E-state index in [1.54, 1.807) is 12.5 Å². The van der Waals surface area contributed by atoms with Gasteiger partial charge in [-0.3, -0.25) is 4.79 Å². The van der Waals surface area contributed by atoms with Gasteiger partial charge >= 0.3 is 0 Å². The van der Waals surface area contributed by atoms with Crippen LogP contribution in [0.4, 0.5) is 0 Å². The van der Waals surface area contributed by atoms with E-state index in [9.17, 15) is 4.79 Å². The van der Waals surface area contributed by atoms with Crippen LogP contribution in [0.25, 0.3) is 0 Å². The molecule has 0 saturated heterocycles. The summed E-state index contributed by atoms with van der Waals surface area (Å²) >= 11 is 0. The summed E-state index contributed by atoms with van der Waals surface area (Å²) in [4.78, 5) is 15.5. The fourth-order valence-corrected chi connectivity index (χ4v) is 1.92. The van der Waals surface area contributed by atoms with E-state index in [0.29, 0.717) is 18.9 Å². The normalized spacial score (nSPS) is 18.9. The molecule has 0 saturated carbocycles. The largest absolute Gasteiger partial charge is 0.354 e. The molecule has 0 bridgehead atoms. The Labute approximate surface area is 95.4 Å². The molecule has 86 valence electrons. The van der Waals surface area contributed by atoms with Crippen LogP contribution in [0, 0.1) is 5.92 Å². The van der Waals surface area contributed by atoms with Crippen LogP contribution in [0.1, 0.15) is 19.3 Å². The van der Waals surface area contributed by atoms with Gasteiger partial charge in [0.25, 0.3) is 0 Å². The van der Waals surface area contributed by atoms with E-state index in [4.69, 9.17) is 0 Å². The molecule has 0 radical (unpaired) electrons. The van der Waals surface area contributed by atoms with Crippen molar-refractivity contribution in [3.8, 4) is 0 Å². The predicted octanol–water partition coefficient (Wildman–Crippen LogP) is 1.36. The summed E-state index contributed by atoms with van der Waals surface area (Å²) in [5, 5.41) is 2.93. The van der Waals surface area contributed by atoms with Crippen LogP contribution in [0.3, 0.4) is 0 Å². The maximum atomic E-state index is 11.6. The average molecular weight is 219 g/mol. The number of hydrogen-bond donors (Lipinski definition) is 1. The average Bonchev–Trinajstić information content (AvgIpc) is 2.90. The SMILES string of the molecule is O=C(C[C@@H]1C=CCC1)NCCn1ccnc1. The van der Waals surface area contributed by atoms with Gasteiger partial charge in [0.1, 0.15) is 0 Å². The van der Waals surface area contributed by atoms with Crippen molar-refractivity contribution in [1.29, 1.82) is 0 Å². The lowest BCUT2D eigenvalue weighted by Gasteiger charge is -2.08. The van der Waals surface area contributed by atoms with Crippen molar-refractivity contribution in [2.75, 3.05) is 6.54 Å². The lowest BCUT2D eigenvalue weighted by Crippen LogP contribution is -2.28. The molecular formula is C12H17N3O. The van der Waals surface area contributed by atoms with Gasteiger partial charge in [-0.15, -0.1) is 0 Å². The summed E-state index contributed by atoms with van der Waals surface area (Å²) in [6.45, 7) is 1.46. The number of amides is 1. The predicted molar refractivity (Wildman–Crippen MR) is 61.7 cm³/mol. The third-order valence-corrected chi connectivity index (χ3v) is 2.81. The molecular weight excluding hydrogens is 202 g/mol. The highest BCUT2D eigenvalue weighted by Crippen LogP contribution is 2.19. The summed E-state index contributed by atoms with van der Waals surface area (Å²) in [6.07, 6.45) is 12.6. The van der Waals surface area contributed by atoms with Gasteiger partial charge in [-0.2, -0.15) is 0 Å². The number of nitrogens with zero attached hydrogens (tertiary/aromatic N) is 2. The van der Waals surface area contributed by atoms with Gasteiger partial charge in [-0.1, -0.05) is 12.2 Å².